The molecule has 9 heteroatoms. The number of aromatic amines is 1. The Kier molecular flexibility index (Phi) is 5.82. The molecule has 0 saturated carbocycles. The first-order valence-corrected chi connectivity index (χ1v) is 9.92. The van der Waals surface area contributed by atoms with Gasteiger partial charge in [0, 0.05) is 32.4 Å². The Balaban J connectivity index is 1.79. The largest absolute Gasteiger partial charge is 0.304 e. The summed E-state index contributed by atoms with van der Waals surface area (Å²) in [6.07, 6.45) is 3.16. The molecule has 0 aliphatic carbocycles. The Morgan fingerprint density at radius 1 is 1.23 bits per heavy atom. The van der Waals surface area contributed by atoms with Crippen LogP contribution in [0.4, 0.5) is 0 Å². The lowest BCUT2D eigenvalue weighted by molar-refractivity contribution is 0.0951. The highest BCUT2D eigenvalue weighted by molar-refractivity contribution is 7.87. The zero-order valence-electron chi connectivity index (χ0n) is 14.6. The molecule has 0 bridgehead atoms. The van der Waals surface area contributed by atoms with E-state index in [0.717, 1.165) is 5.56 Å². The van der Waals surface area contributed by atoms with Crippen LogP contribution in [0.1, 0.15) is 15.9 Å². The van der Waals surface area contributed by atoms with Gasteiger partial charge in [0.05, 0.1) is 17.8 Å². The maximum absolute atomic E-state index is 12.8. The van der Waals surface area contributed by atoms with E-state index in [1.165, 1.54) is 16.7 Å². The Bertz CT molecular complexity index is 815. The Hall–Kier alpha value is -2.07. The lowest BCUT2D eigenvalue weighted by Crippen LogP contribution is -2.54. The second-order valence-corrected chi connectivity index (χ2v) is 8.12. The zero-order valence-corrected chi connectivity index (χ0v) is 15.4. The van der Waals surface area contributed by atoms with E-state index in [1.54, 1.807) is 0 Å². The first-order valence-electron chi connectivity index (χ1n) is 8.48. The van der Waals surface area contributed by atoms with E-state index in [2.05, 4.69) is 19.8 Å². The molecule has 1 aliphatic rings. The van der Waals surface area contributed by atoms with Crippen molar-refractivity contribution >= 4 is 16.0 Å². The average Bonchev–Trinajstić information content (AvgIpc) is 3.16. The number of benzene rings is 1. The highest BCUT2D eigenvalue weighted by atomic mass is 32.2. The summed E-state index contributed by atoms with van der Waals surface area (Å²) in [5.41, 5.74) is 1.24. The van der Waals surface area contributed by atoms with Gasteiger partial charge in [-0.05, 0) is 19.0 Å². The maximum Gasteiger partial charge on any atom is 0.280 e. The number of carbonyl (C=O) groups is 1. The highest BCUT2D eigenvalue weighted by Crippen LogP contribution is 2.12. The van der Waals surface area contributed by atoms with Gasteiger partial charge in [-0.2, -0.15) is 22.5 Å². The van der Waals surface area contributed by atoms with Gasteiger partial charge in [-0.25, -0.2) is 0 Å². The zero-order chi connectivity index (χ0) is 18.6. The van der Waals surface area contributed by atoms with Crippen molar-refractivity contribution in [1.29, 1.82) is 0 Å². The van der Waals surface area contributed by atoms with E-state index >= 15 is 0 Å². The minimum Gasteiger partial charge on any atom is -0.304 e. The third kappa shape index (κ3) is 4.55. The third-order valence-corrected chi connectivity index (χ3v) is 6.10. The number of carbonyl (C=O) groups excluding carboxylic acids is 1. The van der Waals surface area contributed by atoms with Crippen molar-refractivity contribution in [3.8, 4) is 0 Å². The Morgan fingerprint density at radius 3 is 2.54 bits per heavy atom. The van der Waals surface area contributed by atoms with Crippen molar-refractivity contribution < 1.29 is 13.2 Å². The van der Waals surface area contributed by atoms with E-state index in [0.29, 0.717) is 31.7 Å². The van der Waals surface area contributed by atoms with Gasteiger partial charge in [0.15, 0.2) is 5.78 Å². The molecule has 0 unspecified atom stereocenters. The van der Waals surface area contributed by atoms with Gasteiger partial charge in [0.25, 0.3) is 10.2 Å². The van der Waals surface area contributed by atoms with E-state index in [4.69, 9.17) is 0 Å². The van der Waals surface area contributed by atoms with E-state index in [-0.39, 0.29) is 12.2 Å². The molecule has 140 valence electrons. The van der Waals surface area contributed by atoms with Gasteiger partial charge in [-0.1, -0.05) is 30.3 Å². The molecule has 3 rings (SSSR count). The van der Waals surface area contributed by atoms with Crippen molar-refractivity contribution in [3.63, 3.8) is 0 Å². The van der Waals surface area contributed by atoms with Crippen LogP contribution in [0.25, 0.3) is 0 Å². The molecule has 1 fully saturated rings. The Labute approximate surface area is 153 Å². The number of hydrogen-bond donors (Lipinski definition) is 2. The van der Waals surface area contributed by atoms with Gasteiger partial charge in [0.1, 0.15) is 0 Å². The van der Waals surface area contributed by atoms with Crippen LogP contribution in [0, 0.1) is 0 Å². The standard InChI is InChI=1S/C17H23N5O3S/c1-21-7-9-22(10-8-21)26(24,25)20-16(11-14-5-3-2-4-6-14)17(23)15-12-18-19-13-15/h2-6,12-13,16,20H,7-11H2,1H3,(H,18,19)/t16-/m0/s1. The molecular weight excluding hydrogens is 354 g/mol. The van der Waals surface area contributed by atoms with Crippen LogP contribution >= 0.6 is 0 Å². The van der Waals surface area contributed by atoms with E-state index in [9.17, 15) is 13.2 Å². The molecular formula is C17H23N5O3S. The molecule has 1 aromatic carbocycles. The van der Waals surface area contributed by atoms with Gasteiger partial charge in [-0.3, -0.25) is 9.89 Å². The summed E-state index contributed by atoms with van der Waals surface area (Å²) in [5, 5.41) is 6.38. The van der Waals surface area contributed by atoms with Crippen molar-refractivity contribution in [2.45, 2.75) is 12.5 Å². The molecule has 2 N–H and O–H groups in total. The number of H-pyrrole nitrogens is 1. The number of piperazine rings is 1. The van der Waals surface area contributed by atoms with Crippen molar-refractivity contribution in [3.05, 3.63) is 53.9 Å². The first kappa shape index (κ1) is 18.7. The lowest BCUT2D eigenvalue weighted by Gasteiger charge is -2.32. The number of hydrogen-bond acceptors (Lipinski definition) is 5. The van der Waals surface area contributed by atoms with Crippen molar-refractivity contribution in [2.75, 3.05) is 33.2 Å². The molecule has 1 saturated heterocycles. The fraction of sp³-hybridized carbons (Fsp3) is 0.412. The molecule has 2 aromatic rings. The van der Waals surface area contributed by atoms with E-state index < -0.39 is 16.3 Å². The van der Waals surface area contributed by atoms with Crippen LogP contribution in [0.5, 0.6) is 0 Å². The summed E-state index contributed by atoms with van der Waals surface area (Å²) >= 11 is 0. The molecule has 1 atom stereocenters. The molecule has 0 spiro atoms. The smallest absolute Gasteiger partial charge is 0.280 e. The fourth-order valence-electron chi connectivity index (χ4n) is 2.91. The molecule has 2 heterocycles. The molecule has 8 nitrogen and oxygen atoms in total. The minimum atomic E-state index is -3.76. The second kappa shape index (κ2) is 8.09. The number of ketones is 1. The van der Waals surface area contributed by atoms with Crippen LogP contribution < -0.4 is 4.72 Å². The van der Waals surface area contributed by atoms with Crippen LogP contribution in [-0.4, -0.2) is 72.9 Å². The molecule has 1 aromatic heterocycles. The van der Waals surface area contributed by atoms with Gasteiger partial charge < -0.3 is 4.90 Å². The summed E-state index contributed by atoms with van der Waals surface area (Å²) in [5.74, 6) is -0.305. The van der Waals surface area contributed by atoms with Crippen LogP contribution in [0.15, 0.2) is 42.7 Å². The summed E-state index contributed by atoms with van der Waals surface area (Å²) in [4.78, 5) is 14.9. The van der Waals surface area contributed by atoms with Crippen molar-refractivity contribution in [2.24, 2.45) is 0 Å². The third-order valence-electron chi connectivity index (χ3n) is 4.48. The van der Waals surface area contributed by atoms with Crippen molar-refractivity contribution in [1.82, 2.24) is 24.1 Å². The maximum atomic E-state index is 12.8. The molecule has 0 radical (unpaired) electrons. The number of nitrogens with one attached hydrogen (secondary N) is 2. The van der Waals surface area contributed by atoms with Crippen LogP contribution in [0.3, 0.4) is 0 Å². The average molecular weight is 377 g/mol. The lowest BCUT2D eigenvalue weighted by atomic mass is 10.0. The summed E-state index contributed by atoms with van der Waals surface area (Å²) in [7, 11) is -1.80. The summed E-state index contributed by atoms with van der Waals surface area (Å²) in [6, 6.07) is 8.47. The molecule has 1 aliphatic heterocycles. The normalized spacial score (nSPS) is 17.9. The van der Waals surface area contributed by atoms with Gasteiger partial charge >= 0.3 is 0 Å². The SMILES string of the molecule is CN1CCN(S(=O)(=O)N[C@@H](Cc2ccccc2)C(=O)c2cn[nH]c2)CC1. The topological polar surface area (TPSA) is 98.4 Å². The first-order chi connectivity index (χ1) is 12.5. The Morgan fingerprint density at radius 2 is 1.92 bits per heavy atom. The minimum absolute atomic E-state index is 0.276. The van der Waals surface area contributed by atoms with Gasteiger partial charge in [0.2, 0.25) is 0 Å². The molecule has 0 amide bonds. The number of Topliss-reactive ketones (excluding diaryl/α,β-unsaturated/α-hetero) is 1. The highest BCUT2D eigenvalue weighted by Gasteiger charge is 2.31. The number of likely N-dealkylation sites (N-methyl/N-ethyl adjacent to an activating group) is 1. The van der Waals surface area contributed by atoms with Crippen LogP contribution in [0.2, 0.25) is 0 Å². The predicted octanol–water partition coefficient (Wildman–Crippen LogP) is 0.286. The predicted molar refractivity (Wildman–Crippen MR) is 98.0 cm³/mol. The van der Waals surface area contributed by atoms with Gasteiger partial charge in [-0.15, -0.1) is 0 Å². The number of rotatable bonds is 7. The quantitative estimate of drug-likeness (QED) is 0.676. The summed E-state index contributed by atoms with van der Waals surface area (Å²) in [6.45, 7) is 2.15. The summed E-state index contributed by atoms with van der Waals surface area (Å²) < 4.78 is 29.6. The fourth-order valence-corrected chi connectivity index (χ4v) is 4.25. The van der Waals surface area contributed by atoms with E-state index in [1.807, 2.05) is 37.4 Å². The molecule has 26 heavy (non-hydrogen) atoms. The number of aromatic nitrogens is 2. The monoisotopic (exact) mass is 377 g/mol. The number of nitrogens with zero attached hydrogens (tertiary/aromatic N) is 3. The second-order valence-electron chi connectivity index (χ2n) is 6.42. The van der Waals surface area contributed by atoms with Crippen LogP contribution in [-0.2, 0) is 16.6 Å².